The van der Waals surface area contributed by atoms with Crippen LogP contribution >= 0.6 is 0 Å². The van der Waals surface area contributed by atoms with Crippen molar-refractivity contribution in [2.24, 2.45) is 0 Å². The van der Waals surface area contributed by atoms with Crippen molar-refractivity contribution in [2.75, 3.05) is 17.7 Å². The molecule has 2 rings (SSSR count). The summed E-state index contributed by atoms with van der Waals surface area (Å²) in [4.78, 5) is 17.5. The van der Waals surface area contributed by atoms with Gasteiger partial charge in [-0.1, -0.05) is 12.1 Å². The molecule has 0 bridgehead atoms. The Bertz CT molecular complexity index is 599. The second-order valence-electron chi connectivity index (χ2n) is 4.23. The molecule has 0 radical (unpaired) electrons. The number of phenols is 1. The van der Waals surface area contributed by atoms with Gasteiger partial charge in [0.1, 0.15) is 5.75 Å². The number of aromatic hydroxyl groups is 1. The van der Waals surface area contributed by atoms with Gasteiger partial charge >= 0.3 is 0 Å². The van der Waals surface area contributed by atoms with Crippen molar-refractivity contribution in [1.29, 1.82) is 0 Å². The maximum atomic E-state index is 12.1. The molecule has 5 nitrogen and oxygen atoms in total. The van der Waals surface area contributed by atoms with Gasteiger partial charge in [0.15, 0.2) is 0 Å². The maximum absolute atomic E-state index is 12.1. The molecule has 0 saturated heterocycles. The largest absolute Gasteiger partial charge is 0.508 e. The SMILES string of the molecule is CN(C(=O)Cc1cccc(O)c1)c1ccncc1N. The minimum Gasteiger partial charge on any atom is -0.508 e. The lowest BCUT2D eigenvalue weighted by Crippen LogP contribution is -2.28. The molecule has 19 heavy (non-hydrogen) atoms. The van der Waals surface area contributed by atoms with Crippen LogP contribution in [0.5, 0.6) is 5.75 Å². The van der Waals surface area contributed by atoms with Gasteiger partial charge in [0.2, 0.25) is 5.91 Å². The van der Waals surface area contributed by atoms with Crippen LogP contribution in [0.15, 0.2) is 42.7 Å². The highest BCUT2D eigenvalue weighted by Gasteiger charge is 2.14. The Labute approximate surface area is 111 Å². The van der Waals surface area contributed by atoms with Gasteiger partial charge in [-0.2, -0.15) is 0 Å². The van der Waals surface area contributed by atoms with Crippen LogP contribution in [-0.2, 0) is 11.2 Å². The third-order valence-electron chi connectivity index (χ3n) is 2.83. The number of hydrogen-bond acceptors (Lipinski definition) is 4. The van der Waals surface area contributed by atoms with Gasteiger partial charge in [0.05, 0.1) is 24.0 Å². The Hall–Kier alpha value is -2.56. The van der Waals surface area contributed by atoms with E-state index in [0.717, 1.165) is 5.56 Å². The first-order valence-electron chi connectivity index (χ1n) is 5.82. The number of nitrogen functional groups attached to an aromatic ring is 1. The Kier molecular flexibility index (Phi) is 3.66. The molecule has 1 heterocycles. The molecular weight excluding hydrogens is 242 g/mol. The van der Waals surface area contributed by atoms with E-state index in [-0.39, 0.29) is 18.1 Å². The molecule has 0 fully saturated rings. The first-order chi connectivity index (χ1) is 9.08. The number of likely N-dealkylation sites (N-methyl/N-ethyl adjacent to an activating group) is 1. The van der Waals surface area contributed by atoms with E-state index in [1.54, 1.807) is 43.6 Å². The molecule has 0 aliphatic heterocycles. The third-order valence-corrected chi connectivity index (χ3v) is 2.83. The van der Waals surface area contributed by atoms with Gasteiger partial charge in [-0.15, -0.1) is 0 Å². The lowest BCUT2D eigenvalue weighted by Gasteiger charge is -2.18. The van der Waals surface area contributed by atoms with Gasteiger partial charge in [-0.25, -0.2) is 0 Å². The Morgan fingerprint density at radius 2 is 2.21 bits per heavy atom. The summed E-state index contributed by atoms with van der Waals surface area (Å²) in [6, 6.07) is 8.33. The van der Waals surface area contributed by atoms with Crippen molar-refractivity contribution in [3.8, 4) is 5.75 Å². The molecular formula is C14H15N3O2. The summed E-state index contributed by atoms with van der Waals surface area (Å²) in [5.41, 5.74) is 7.61. The number of amides is 1. The van der Waals surface area contributed by atoms with Crippen LogP contribution in [0.3, 0.4) is 0 Å². The van der Waals surface area contributed by atoms with E-state index in [9.17, 15) is 9.90 Å². The number of nitrogens with two attached hydrogens (primary N) is 1. The van der Waals surface area contributed by atoms with Crippen molar-refractivity contribution in [3.05, 3.63) is 48.3 Å². The van der Waals surface area contributed by atoms with Gasteiger partial charge < -0.3 is 15.7 Å². The first kappa shape index (κ1) is 12.9. The van der Waals surface area contributed by atoms with Gasteiger partial charge in [-0.3, -0.25) is 9.78 Å². The molecule has 1 aromatic carbocycles. The Morgan fingerprint density at radius 3 is 2.89 bits per heavy atom. The zero-order chi connectivity index (χ0) is 13.8. The molecule has 5 heteroatoms. The van der Waals surface area contributed by atoms with E-state index < -0.39 is 0 Å². The predicted molar refractivity (Wildman–Crippen MR) is 73.9 cm³/mol. The molecule has 98 valence electrons. The number of anilines is 2. The Morgan fingerprint density at radius 1 is 1.42 bits per heavy atom. The van der Waals surface area contributed by atoms with E-state index >= 15 is 0 Å². The molecule has 0 aliphatic rings. The fourth-order valence-electron chi connectivity index (χ4n) is 1.80. The van der Waals surface area contributed by atoms with Gasteiger partial charge in [-0.05, 0) is 23.8 Å². The van der Waals surface area contributed by atoms with Crippen LogP contribution in [0, 0.1) is 0 Å². The fourth-order valence-corrected chi connectivity index (χ4v) is 1.80. The zero-order valence-corrected chi connectivity index (χ0v) is 10.6. The number of benzene rings is 1. The summed E-state index contributed by atoms with van der Waals surface area (Å²) >= 11 is 0. The van der Waals surface area contributed by atoms with E-state index in [1.807, 2.05) is 0 Å². The first-order valence-corrected chi connectivity index (χ1v) is 5.82. The number of aromatic nitrogens is 1. The van der Waals surface area contributed by atoms with Crippen LogP contribution < -0.4 is 10.6 Å². The molecule has 0 spiro atoms. The number of pyridine rings is 1. The lowest BCUT2D eigenvalue weighted by molar-refractivity contribution is -0.117. The number of hydrogen-bond donors (Lipinski definition) is 2. The highest BCUT2D eigenvalue weighted by Crippen LogP contribution is 2.21. The highest BCUT2D eigenvalue weighted by atomic mass is 16.3. The van der Waals surface area contributed by atoms with Gasteiger partial charge in [0.25, 0.3) is 0 Å². The summed E-state index contributed by atoms with van der Waals surface area (Å²) in [6.07, 6.45) is 3.30. The van der Waals surface area contributed by atoms with Crippen LogP contribution in [0.25, 0.3) is 0 Å². The Balaban J connectivity index is 2.14. The molecule has 3 N–H and O–H groups in total. The van der Waals surface area contributed by atoms with Crippen molar-refractivity contribution in [2.45, 2.75) is 6.42 Å². The number of nitrogens with zero attached hydrogens (tertiary/aromatic N) is 2. The standard InChI is InChI=1S/C14H15N3O2/c1-17(13-5-6-16-9-12(13)15)14(19)8-10-3-2-4-11(18)7-10/h2-7,9,18H,8,15H2,1H3. The van der Waals surface area contributed by atoms with Crippen LogP contribution in [0.2, 0.25) is 0 Å². The van der Waals surface area contributed by atoms with E-state index in [4.69, 9.17) is 5.73 Å². The summed E-state index contributed by atoms with van der Waals surface area (Å²) in [7, 11) is 1.66. The molecule has 1 amide bonds. The summed E-state index contributed by atoms with van der Waals surface area (Å²) in [5.74, 6) is 0.0416. The van der Waals surface area contributed by atoms with Crippen molar-refractivity contribution in [1.82, 2.24) is 4.98 Å². The topological polar surface area (TPSA) is 79.5 Å². The van der Waals surface area contributed by atoms with E-state index in [2.05, 4.69) is 4.98 Å². The second-order valence-corrected chi connectivity index (χ2v) is 4.23. The quantitative estimate of drug-likeness (QED) is 0.874. The third kappa shape index (κ3) is 3.01. The average molecular weight is 257 g/mol. The minimum absolute atomic E-state index is 0.108. The molecule has 1 aromatic heterocycles. The molecule has 0 unspecified atom stereocenters. The minimum atomic E-state index is -0.108. The van der Waals surface area contributed by atoms with Crippen molar-refractivity contribution >= 4 is 17.3 Å². The van der Waals surface area contributed by atoms with Gasteiger partial charge in [0, 0.05) is 13.2 Å². The summed E-state index contributed by atoms with van der Waals surface area (Å²) in [5, 5.41) is 9.37. The van der Waals surface area contributed by atoms with E-state index in [0.29, 0.717) is 11.4 Å². The zero-order valence-electron chi connectivity index (χ0n) is 10.6. The molecule has 0 saturated carbocycles. The summed E-state index contributed by atoms with van der Waals surface area (Å²) < 4.78 is 0. The number of carbonyl (C=O) groups is 1. The number of phenolic OH excluding ortho intramolecular Hbond substituents is 1. The monoisotopic (exact) mass is 257 g/mol. The van der Waals surface area contributed by atoms with Crippen LogP contribution in [0.4, 0.5) is 11.4 Å². The number of rotatable bonds is 3. The molecule has 0 aliphatic carbocycles. The van der Waals surface area contributed by atoms with Crippen LogP contribution in [-0.4, -0.2) is 23.0 Å². The highest BCUT2D eigenvalue weighted by molar-refractivity contribution is 5.96. The normalized spacial score (nSPS) is 10.2. The average Bonchev–Trinajstić information content (AvgIpc) is 2.38. The lowest BCUT2D eigenvalue weighted by atomic mass is 10.1. The fraction of sp³-hybridized carbons (Fsp3) is 0.143. The predicted octanol–water partition coefficient (Wildman–Crippen LogP) is 1.57. The van der Waals surface area contributed by atoms with Crippen LogP contribution in [0.1, 0.15) is 5.56 Å². The molecule has 0 atom stereocenters. The number of carbonyl (C=O) groups excluding carboxylic acids is 1. The molecule has 2 aromatic rings. The maximum Gasteiger partial charge on any atom is 0.231 e. The van der Waals surface area contributed by atoms with Crippen molar-refractivity contribution < 1.29 is 9.90 Å². The summed E-state index contributed by atoms with van der Waals surface area (Å²) in [6.45, 7) is 0. The van der Waals surface area contributed by atoms with E-state index in [1.165, 1.54) is 11.1 Å². The second kappa shape index (κ2) is 5.39. The van der Waals surface area contributed by atoms with Crippen molar-refractivity contribution in [3.63, 3.8) is 0 Å². The smallest absolute Gasteiger partial charge is 0.231 e.